The first-order chi connectivity index (χ1) is 28.9. The van der Waals surface area contributed by atoms with Gasteiger partial charge in [0.05, 0.1) is 35.8 Å². The molecule has 334 valence electrons. The summed E-state index contributed by atoms with van der Waals surface area (Å²) in [5.41, 5.74) is 9.94. The second-order valence-corrected chi connectivity index (χ2v) is 16.5. The molecule has 0 saturated carbocycles. The molecule has 2 aliphatic heterocycles. The van der Waals surface area contributed by atoms with E-state index >= 15 is 0 Å². The molecule has 0 unspecified atom stereocenters. The van der Waals surface area contributed by atoms with Crippen LogP contribution in [0.4, 0.5) is 0 Å². The maximum Gasteiger partial charge on any atom is 0.489 e. The Morgan fingerprint density at radius 1 is 0.806 bits per heavy atom. The van der Waals surface area contributed by atoms with E-state index in [9.17, 15) is 9.59 Å². The number of rotatable bonds is 7. The van der Waals surface area contributed by atoms with Gasteiger partial charge in [0.2, 0.25) is 0 Å². The average Bonchev–Trinajstić information content (AvgIpc) is 3.86. The van der Waals surface area contributed by atoms with Crippen LogP contribution in [0.25, 0.3) is 22.6 Å². The maximum atomic E-state index is 12.5. The molecule has 2 saturated heterocycles. The van der Waals surface area contributed by atoms with E-state index in [2.05, 4.69) is 42.6 Å². The van der Waals surface area contributed by atoms with Crippen molar-refractivity contribution in [2.24, 2.45) is 17.6 Å². The highest BCUT2D eigenvalue weighted by atomic mass is 127. The zero-order valence-electron chi connectivity index (χ0n) is 32.6. The fourth-order valence-electron chi connectivity index (χ4n) is 6.20. The smallest absolute Gasteiger partial charge is 0.465 e. The number of hydrogen-bond donors (Lipinski definition) is 4. The molecular weight excluding hydrogens is 992 g/mol. The van der Waals surface area contributed by atoms with Crippen LogP contribution in [-0.4, -0.2) is 94.4 Å². The molecule has 0 spiro atoms. The molecule has 2 aromatic carbocycles. The van der Waals surface area contributed by atoms with E-state index in [-0.39, 0.29) is 37.2 Å². The molecule has 0 radical (unpaired) electrons. The molecule has 5 N–H and O–H groups in total. The van der Waals surface area contributed by atoms with Gasteiger partial charge in [-0.15, -0.1) is 0 Å². The number of carbonyl (C=O) groups is 2. The summed E-state index contributed by atoms with van der Waals surface area (Å²) >= 11 is 25.7. The van der Waals surface area contributed by atoms with Gasteiger partial charge in [-0.05, 0) is 121 Å². The van der Waals surface area contributed by atoms with Gasteiger partial charge >= 0.3 is 13.1 Å². The second kappa shape index (κ2) is 26.3. The number of pyridine rings is 2. The summed E-state index contributed by atoms with van der Waals surface area (Å²) in [5, 5.41) is 22.3. The van der Waals surface area contributed by atoms with Crippen molar-refractivity contribution in [3.8, 4) is 11.3 Å². The van der Waals surface area contributed by atoms with Crippen LogP contribution < -0.4 is 16.5 Å². The Labute approximate surface area is 396 Å². The number of esters is 1. The highest BCUT2D eigenvalue weighted by Gasteiger charge is 2.18. The number of hydrogen-bond acceptors (Lipinski definition) is 10. The van der Waals surface area contributed by atoms with Crippen LogP contribution in [0.5, 0.6) is 0 Å². The van der Waals surface area contributed by atoms with E-state index in [4.69, 9.17) is 71.7 Å². The van der Waals surface area contributed by atoms with E-state index in [1.54, 1.807) is 61.1 Å². The molecule has 0 bridgehead atoms. The zero-order valence-corrected chi connectivity index (χ0v) is 37.8. The average molecular weight is 1040 g/mol. The molecule has 62 heavy (non-hydrogen) atoms. The van der Waals surface area contributed by atoms with Crippen molar-refractivity contribution in [1.82, 2.24) is 24.1 Å². The highest BCUT2D eigenvalue weighted by Crippen LogP contribution is 2.31. The van der Waals surface area contributed by atoms with Gasteiger partial charge in [-0.3, -0.25) is 13.6 Å². The summed E-state index contributed by atoms with van der Waals surface area (Å²) in [6.45, 7) is 4.90. The Balaban J connectivity index is 0.000000245. The summed E-state index contributed by atoms with van der Waals surface area (Å²) < 4.78 is 19.9. The van der Waals surface area contributed by atoms with Crippen molar-refractivity contribution < 1.29 is 33.8 Å². The lowest BCUT2D eigenvalue weighted by molar-refractivity contribution is 0.0600. The third-order valence-corrected chi connectivity index (χ3v) is 11.6. The summed E-state index contributed by atoms with van der Waals surface area (Å²) in [4.78, 5) is 32.3. The fraction of sp³-hybridized carbons (Fsp3) is 0.349. The summed E-state index contributed by atoms with van der Waals surface area (Å²) in [6.07, 6.45) is 11.4. The van der Waals surface area contributed by atoms with Gasteiger partial charge in [-0.2, -0.15) is 0 Å². The molecular formula is C43H52BCl4IN6O7. The fourth-order valence-corrected chi connectivity index (χ4v) is 7.75. The Bertz CT molecular complexity index is 2360. The van der Waals surface area contributed by atoms with Crippen molar-refractivity contribution in [3.05, 3.63) is 120 Å². The van der Waals surface area contributed by atoms with Gasteiger partial charge in [-0.1, -0.05) is 67.3 Å². The van der Waals surface area contributed by atoms with Gasteiger partial charge < -0.3 is 35.3 Å². The topological polar surface area (TPSA) is 175 Å². The lowest BCUT2D eigenvalue weighted by Gasteiger charge is -2.22. The van der Waals surface area contributed by atoms with Crippen molar-refractivity contribution >= 4 is 105 Å². The number of aromatic nitrogens is 4. The summed E-state index contributed by atoms with van der Waals surface area (Å²) in [7, 11) is -0.179. The minimum absolute atomic E-state index is 0. The van der Waals surface area contributed by atoms with Crippen LogP contribution in [0.3, 0.4) is 0 Å². The lowest BCUT2D eigenvalue weighted by Crippen LogP contribution is -2.32. The largest absolute Gasteiger partial charge is 0.489 e. The molecule has 2 aliphatic rings. The van der Waals surface area contributed by atoms with Crippen molar-refractivity contribution in [2.45, 2.75) is 40.5 Å². The number of nitrogens with two attached hydrogens (primary N) is 1. The molecule has 6 heterocycles. The van der Waals surface area contributed by atoms with Gasteiger partial charge in [-0.25, -0.2) is 14.8 Å². The van der Waals surface area contributed by atoms with E-state index in [0.717, 1.165) is 85.2 Å². The summed E-state index contributed by atoms with van der Waals surface area (Å²) in [5.74, 6) is 0.795. The molecule has 1 amide bonds. The van der Waals surface area contributed by atoms with Gasteiger partial charge in [0, 0.05) is 77.0 Å². The highest BCUT2D eigenvalue weighted by molar-refractivity contribution is 14.1. The normalized spacial score (nSPS) is 13.8. The molecule has 4 aromatic heterocycles. The van der Waals surface area contributed by atoms with E-state index < -0.39 is 7.12 Å². The van der Waals surface area contributed by atoms with Crippen LogP contribution in [0.1, 0.15) is 61.3 Å². The first-order valence-electron chi connectivity index (χ1n) is 19.0. The number of methoxy groups -OCH3 is 1. The predicted molar refractivity (Wildman–Crippen MR) is 258 cm³/mol. The molecule has 6 aromatic rings. The molecule has 0 atom stereocenters. The third kappa shape index (κ3) is 15.1. The summed E-state index contributed by atoms with van der Waals surface area (Å²) in [6, 6.07) is 16.8. The van der Waals surface area contributed by atoms with E-state index in [1.807, 2.05) is 21.1 Å². The lowest BCUT2D eigenvalue weighted by atomic mass is 9.80. The van der Waals surface area contributed by atoms with Crippen LogP contribution in [0, 0.1) is 15.5 Å². The van der Waals surface area contributed by atoms with Crippen molar-refractivity contribution in [3.63, 3.8) is 0 Å². The first kappa shape index (κ1) is 52.9. The zero-order chi connectivity index (χ0) is 43.2. The van der Waals surface area contributed by atoms with Crippen LogP contribution >= 0.6 is 69.0 Å². The molecule has 13 nitrogen and oxygen atoms in total. The first-order valence-corrected chi connectivity index (χ1v) is 21.6. The van der Waals surface area contributed by atoms with Crippen LogP contribution in [0.2, 0.25) is 20.1 Å². The monoisotopic (exact) mass is 1040 g/mol. The van der Waals surface area contributed by atoms with Gasteiger partial charge in [0.15, 0.2) is 0 Å². The van der Waals surface area contributed by atoms with Gasteiger partial charge in [0.25, 0.3) is 5.91 Å². The Hall–Kier alpha value is -3.49. The minimum Gasteiger partial charge on any atom is -0.465 e. The Morgan fingerprint density at radius 3 is 1.94 bits per heavy atom. The predicted octanol–water partition coefficient (Wildman–Crippen LogP) is 8.51. The molecule has 2 fully saturated rings. The number of carbonyl (C=O) groups excluding carboxylic acids is 2. The number of nitrogens with one attached hydrogen (secondary N) is 1. The standard InChI is InChI=1S/C20H19Cl2N3O2.C9H7IN2O2.C6H5BCl2O2.C6H13NO.2CH4/c21-15-1-2-16(17(22)10-15)18-12-23-19-9-14(3-6-25(18)19)20(26)24-11-13-4-7-27-8-5-13;1-14-9(13)6-2-3-12-7(10)5-11-8(12)4-6;8-4-1-2-5(7(10)11)6(9)3-4;7-5-6-1-3-8-4-2-6;;/h1-3,6,9-10,12-13H,4-5,7-8,11H2,(H,24,26);2-5H,1H3;1-3,10-11H;6H,1-5,7H2;2*1H4. The SMILES string of the molecule is C.C.COC(=O)c1ccn2c(I)cnc2c1.NCC1CCOCC1.O=C(NCC1CCOCC1)c1ccn2c(-c3ccc(Cl)cc3Cl)cnc2c1.OB(O)c1ccc(Cl)cc1Cl. The van der Waals surface area contributed by atoms with Crippen LogP contribution in [-0.2, 0) is 14.2 Å². The maximum absolute atomic E-state index is 12.5. The number of ether oxygens (including phenoxy) is 3. The third-order valence-electron chi connectivity index (χ3n) is 9.68. The number of nitrogens with zero attached hydrogens (tertiary/aromatic N) is 4. The number of fused-ring (bicyclic) bond motifs is 2. The van der Waals surface area contributed by atoms with Gasteiger partial charge in [0.1, 0.15) is 15.0 Å². The van der Waals surface area contributed by atoms with E-state index in [0.29, 0.717) is 44.3 Å². The number of halogens is 5. The number of imidazole rings is 2. The Morgan fingerprint density at radius 2 is 1.35 bits per heavy atom. The quantitative estimate of drug-likeness (QED) is 0.0690. The van der Waals surface area contributed by atoms with E-state index in [1.165, 1.54) is 19.2 Å². The molecule has 8 rings (SSSR count). The number of amides is 1. The molecule has 0 aliphatic carbocycles. The minimum atomic E-state index is -1.54. The molecule has 19 heteroatoms. The van der Waals surface area contributed by atoms with Crippen molar-refractivity contribution in [1.29, 1.82) is 0 Å². The number of benzene rings is 2. The Kier molecular flexibility index (Phi) is 22.5. The van der Waals surface area contributed by atoms with Crippen molar-refractivity contribution in [2.75, 3.05) is 46.6 Å². The second-order valence-electron chi connectivity index (χ2n) is 13.7. The van der Waals surface area contributed by atoms with Crippen LogP contribution in [0.15, 0.2) is 85.5 Å².